The van der Waals surface area contributed by atoms with E-state index in [-0.39, 0.29) is 22.4 Å². The van der Waals surface area contributed by atoms with E-state index < -0.39 is 16.4 Å². The number of aryl methyl sites for hydroxylation is 1. The van der Waals surface area contributed by atoms with Crippen molar-refractivity contribution in [2.75, 3.05) is 22.8 Å². The number of alkyl halides is 3. The van der Waals surface area contributed by atoms with Crippen LogP contribution in [0.2, 0.25) is 0 Å². The zero-order valence-corrected chi connectivity index (χ0v) is 17.6. The van der Waals surface area contributed by atoms with Crippen molar-refractivity contribution in [3.63, 3.8) is 0 Å². The number of halogens is 3. The highest BCUT2D eigenvalue weighted by Gasteiger charge is 2.31. The highest BCUT2D eigenvalue weighted by molar-refractivity contribution is 7.93. The molecule has 0 unspecified atom stereocenters. The van der Waals surface area contributed by atoms with E-state index in [1.165, 1.54) is 36.5 Å². The number of aromatic nitrogens is 1. The number of thiazole rings is 1. The van der Waals surface area contributed by atoms with Gasteiger partial charge in [-0.15, -0.1) is 24.5 Å². The van der Waals surface area contributed by atoms with E-state index in [0.29, 0.717) is 29.2 Å². The summed E-state index contributed by atoms with van der Waals surface area (Å²) in [5.41, 5.74) is 1.83. The molecule has 1 aliphatic rings. The van der Waals surface area contributed by atoms with E-state index in [9.17, 15) is 21.6 Å². The van der Waals surface area contributed by atoms with Crippen LogP contribution < -0.4 is 19.1 Å². The average Bonchev–Trinajstić information content (AvgIpc) is 3.18. The van der Waals surface area contributed by atoms with E-state index in [1.807, 2.05) is 4.90 Å². The fourth-order valence-electron chi connectivity index (χ4n) is 3.19. The van der Waals surface area contributed by atoms with Crippen LogP contribution in [0.4, 0.5) is 29.7 Å². The number of anilines is 3. The van der Waals surface area contributed by atoms with Gasteiger partial charge in [0.05, 0.1) is 17.1 Å². The molecule has 0 spiro atoms. The number of benzene rings is 2. The van der Waals surface area contributed by atoms with Crippen LogP contribution in [0.25, 0.3) is 0 Å². The molecule has 0 aliphatic carbocycles. The summed E-state index contributed by atoms with van der Waals surface area (Å²) in [6.45, 7) is 2.39. The van der Waals surface area contributed by atoms with Crippen molar-refractivity contribution >= 4 is 37.9 Å². The van der Waals surface area contributed by atoms with Gasteiger partial charge in [0.15, 0.2) is 5.13 Å². The van der Waals surface area contributed by atoms with E-state index in [4.69, 9.17) is 4.74 Å². The van der Waals surface area contributed by atoms with Crippen molar-refractivity contribution in [3.8, 4) is 11.5 Å². The molecule has 0 saturated heterocycles. The van der Waals surface area contributed by atoms with E-state index >= 15 is 0 Å². The second-order valence-corrected chi connectivity index (χ2v) is 9.15. The summed E-state index contributed by atoms with van der Waals surface area (Å²) >= 11 is 1.16. The highest BCUT2D eigenvalue weighted by atomic mass is 32.2. The fraction of sp³-hybridized carbons (Fsp3) is 0.211. The third kappa shape index (κ3) is 4.69. The molecule has 12 heteroatoms. The summed E-state index contributed by atoms with van der Waals surface area (Å²) < 4.78 is 74.7. The molecule has 0 bridgehead atoms. The molecule has 0 radical (unpaired) electrons. The van der Waals surface area contributed by atoms with Gasteiger partial charge in [-0.05, 0) is 42.8 Å². The lowest BCUT2D eigenvalue weighted by molar-refractivity contribution is -0.274. The molecular weight excluding hydrogens is 455 g/mol. The number of fused-ring (bicyclic) bond motifs is 1. The van der Waals surface area contributed by atoms with Crippen LogP contribution in [0.3, 0.4) is 0 Å². The first kappa shape index (κ1) is 21.2. The Kier molecular flexibility index (Phi) is 5.43. The Balaban J connectivity index is 1.63. The predicted octanol–water partition coefficient (Wildman–Crippen LogP) is 4.68. The van der Waals surface area contributed by atoms with Crippen molar-refractivity contribution in [3.05, 3.63) is 53.5 Å². The molecule has 0 amide bonds. The SMILES string of the molecule is Cc1cc(OC(F)(F)F)ccc1N1CCOc2cc(S(=O)(=O)Nc3nccs3)ccc21. The smallest absolute Gasteiger partial charge is 0.489 e. The maximum atomic E-state index is 12.6. The zero-order chi connectivity index (χ0) is 22.2. The Morgan fingerprint density at radius 1 is 1.19 bits per heavy atom. The third-order valence-corrected chi connectivity index (χ3v) is 6.61. The molecule has 4 rings (SSSR count). The van der Waals surface area contributed by atoms with E-state index in [0.717, 1.165) is 11.3 Å². The average molecular weight is 471 g/mol. The monoisotopic (exact) mass is 471 g/mol. The number of hydrogen-bond acceptors (Lipinski definition) is 7. The molecule has 31 heavy (non-hydrogen) atoms. The molecule has 2 heterocycles. The van der Waals surface area contributed by atoms with Crippen LogP contribution in [0, 0.1) is 6.92 Å². The Morgan fingerprint density at radius 3 is 2.65 bits per heavy atom. The second kappa shape index (κ2) is 7.93. The molecule has 7 nitrogen and oxygen atoms in total. The summed E-state index contributed by atoms with van der Waals surface area (Å²) in [5, 5.41) is 1.90. The number of nitrogens with zero attached hydrogens (tertiary/aromatic N) is 2. The standard InChI is InChI=1S/C19H16F3N3O4S2/c1-12-10-13(29-19(20,21)22)2-4-15(12)25-7-8-28-17-11-14(3-5-16(17)25)31(26,27)24-18-23-6-9-30-18/h2-6,9-11H,7-8H2,1H3,(H,23,24). The predicted molar refractivity (Wildman–Crippen MR) is 110 cm³/mol. The normalized spacial score (nSPS) is 14.0. The molecule has 0 saturated carbocycles. The van der Waals surface area contributed by atoms with Crippen LogP contribution in [-0.2, 0) is 10.0 Å². The van der Waals surface area contributed by atoms with Crippen molar-refractivity contribution in [1.82, 2.24) is 4.98 Å². The molecule has 0 fully saturated rings. The molecule has 3 aromatic rings. The second-order valence-electron chi connectivity index (χ2n) is 6.57. The minimum absolute atomic E-state index is 0.00828. The van der Waals surface area contributed by atoms with Gasteiger partial charge in [0, 0.05) is 23.3 Å². The third-order valence-electron chi connectivity index (χ3n) is 4.45. The van der Waals surface area contributed by atoms with Crippen molar-refractivity contribution in [2.24, 2.45) is 0 Å². The van der Waals surface area contributed by atoms with Gasteiger partial charge in [0.1, 0.15) is 18.1 Å². The summed E-state index contributed by atoms with van der Waals surface area (Å²) in [5.74, 6) is 0.0419. The molecule has 164 valence electrons. The van der Waals surface area contributed by atoms with Crippen LogP contribution >= 0.6 is 11.3 Å². The quantitative estimate of drug-likeness (QED) is 0.582. The van der Waals surface area contributed by atoms with Gasteiger partial charge >= 0.3 is 6.36 Å². The number of rotatable bonds is 5. The first-order chi connectivity index (χ1) is 14.6. The molecule has 1 aliphatic heterocycles. The summed E-state index contributed by atoms with van der Waals surface area (Å²) in [6.07, 6.45) is -3.28. The topological polar surface area (TPSA) is 80.8 Å². The van der Waals surface area contributed by atoms with E-state index in [2.05, 4.69) is 14.4 Å². The van der Waals surface area contributed by atoms with Crippen molar-refractivity contribution < 1.29 is 31.1 Å². The number of nitrogens with one attached hydrogen (secondary N) is 1. The summed E-state index contributed by atoms with van der Waals surface area (Å²) in [7, 11) is -3.85. The van der Waals surface area contributed by atoms with Crippen LogP contribution in [0.1, 0.15) is 5.56 Å². The maximum absolute atomic E-state index is 12.6. The van der Waals surface area contributed by atoms with E-state index in [1.54, 1.807) is 18.4 Å². The first-order valence-electron chi connectivity index (χ1n) is 8.95. The molecular formula is C19H16F3N3O4S2. The maximum Gasteiger partial charge on any atom is 0.573 e. The summed E-state index contributed by atoms with van der Waals surface area (Å²) in [6, 6.07) is 8.52. The zero-order valence-electron chi connectivity index (χ0n) is 16.0. The largest absolute Gasteiger partial charge is 0.573 e. The number of hydrogen-bond donors (Lipinski definition) is 1. The van der Waals surface area contributed by atoms with Crippen LogP contribution in [0.5, 0.6) is 11.5 Å². The Bertz CT molecular complexity index is 1200. The first-order valence-corrected chi connectivity index (χ1v) is 11.3. The van der Waals surface area contributed by atoms with Crippen LogP contribution in [0.15, 0.2) is 52.9 Å². The van der Waals surface area contributed by atoms with Gasteiger partial charge in [-0.25, -0.2) is 13.4 Å². The Hall–Kier alpha value is -2.99. The summed E-state index contributed by atoms with van der Waals surface area (Å²) in [4.78, 5) is 5.78. The fourth-order valence-corrected chi connectivity index (χ4v) is 5.00. The lowest BCUT2D eigenvalue weighted by atomic mass is 10.1. The number of ether oxygens (including phenoxy) is 2. The molecule has 1 aromatic heterocycles. The molecule has 1 N–H and O–H groups in total. The highest BCUT2D eigenvalue weighted by Crippen LogP contribution is 2.40. The van der Waals surface area contributed by atoms with Gasteiger partial charge in [-0.2, -0.15) is 0 Å². The van der Waals surface area contributed by atoms with Crippen molar-refractivity contribution in [2.45, 2.75) is 18.2 Å². The Labute approximate surface area is 180 Å². The lowest BCUT2D eigenvalue weighted by Gasteiger charge is -2.32. The minimum Gasteiger partial charge on any atom is -0.489 e. The lowest BCUT2D eigenvalue weighted by Crippen LogP contribution is -2.29. The van der Waals surface area contributed by atoms with Gasteiger partial charge in [0.2, 0.25) is 0 Å². The molecule has 0 atom stereocenters. The van der Waals surface area contributed by atoms with Crippen molar-refractivity contribution in [1.29, 1.82) is 0 Å². The Morgan fingerprint density at radius 2 is 1.97 bits per heavy atom. The van der Waals surface area contributed by atoms with Crippen LogP contribution in [-0.4, -0.2) is 32.9 Å². The van der Waals surface area contributed by atoms with Gasteiger partial charge in [-0.3, -0.25) is 4.72 Å². The molecule has 2 aromatic carbocycles. The minimum atomic E-state index is -4.77. The van der Waals surface area contributed by atoms with Gasteiger partial charge in [0.25, 0.3) is 10.0 Å². The van der Waals surface area contributed by atoms with Gasteiger partial charge in [-0.1, -0.05) is 0 Å². The number of sulfonamides is 1. The van der Waals surface area contributed by atoms with Gasteiger partial charge < -0.3 is 14.4 Å².